The number of nitrogens with zero attached hydrogens (tertiary/aromatic N) is 1. The van der Waals surface area contributed by atoms with Crippen LogP contribution in [0, 0.1) is 18.3 Å². The number of carbonyl (C=O) groups is 1. The van der Waals surface area contributed by atoms with Crippen LogP contribution in [-0.2, 0) is 4.79 Å². The van der Waals surface area contributed by atoms with Crippen molar-refractivity contribution in [2.45, 2.75) is 6.92 Å². The number of nitriles is 1. The van der Waals surface area contributed by atoms with Crippen molar-refractivity contribution in [3.8, 4) is 6.07 Å². The molecule has 0 aliphatic rings. The quantitative estimate of drug-likeness (QED) is 0.683. The molecule has 1 amide bonds. The molecule has 19 heavy (non-hydrogen) atoms. The van der Waals surface area contributed by atoms with Gasteiger partial charge in [0.1, 0.15) is 11.6 Å². The van der Waals surface area contributed by atoms with Crippen LogP contribution in [0.15, 0.2) is 46.7 Å². The standard InChI is InChI=1S/C15H12N2OS/c1-11-4-2-3-5-14(11)17-15(18)13(9-16)8-12-6-7-19-10-12/h2-8,10H,1H3,(H,17,18)/b13-8+. The summed E-state index contributed by atoms with van der Waals surface area (Å²) in [6.07, 6.45) is 1.59. The third-order valence-electron chi connectivity index (χ3n) is 2.61. The molecular formula is C15H12N2OS. The van der Waals surface area contributed by atoms with Gasteiger partial charge in [-0.1, -0.05) is 18.2 Å². The first-order valence-electron chi connectivity index (χ1n) is 5.71. The molecule has 0 fully saturated rings. The molecule has 0 saturated heterocycles. The summed E-state index contributed by atoms with van der Waals surface area (Å²) >= 11 is 1.52. The number of para-hydroxylation sites is 1. The SMILES string of the molecule is Cc1ccccc1NC(=O)/C(C#N)=C/c1ccsc1. The van der Waals surface area contributed by atoms with Gasteiger partial charge in [-0.15, -0.1) is 0 Å². The second kappa shape index (κ2) is 5.98. The lowest BCUT2D eigenvalue weighted by Gasteiger charge is -2.06. The van der Waals surface area contributed by atoms with Crippen LogP contribution >= 0.6 is 11.3 Å². The van der Waals surface area contributed by atoms with Crippen molar-refractivity contribution in [1.82, 2.24) is 0 Å². The molecule has 2 rings (SSSR count). The van der Waals surface area contributed by atoms with E-state index in [9.17, 15) is 4.79 Å². The lowest BCUT2D eigenvalue weighted by molar-refractivity contribution is -0.112. The number of hydrogen-bond donors (Lipinski definition) is 1. The molecule has 0 aliphatic carbocycles. The number of rotatable bonds is 3. The van der Waals surface area contributed by atoms with Gasteiger partial charge >= 0.3 is 0 Å². The highest BCUT2D eigenvalue weighted by molar-refractivity contribution is 7.08. The van der Waals surface area contributed by atoms with Gasteiger partial charge in [0.05, 0.1) is 0 Å². The van der Waals surface area contributed by atoms with Gasteiger partial charge in [-0.25, -0.2) is 0 Å². The van der Waals surface area contributed by atoms with Crippen molar-refractivity contribution in [1.29, 1.82) is 5.26 Å². The Kier molecular flexibility index (Phi) is 4.11. The lowest BCUT2D eigenvalue weighted by atomic mass is 10.1. The maximum absolute atomic E-state index is 12.0. The molecule has 0 saturated carbocycles. The number of nitrogens with one attached hydrogen (secondary N) is 1. The Bertz CT molecular complexity index is 651. The third-order valence-corrected chi connectivity index (χ3v) is 3.31. The molecule has 0 bridgehead atoms. The summed E-state index contributed by atoms with van der Waals surface area (Å²) in [6, 6.07) is 11.3. The highest BCUT2D eigenvalue weighted by Gasteiger charge is 2.10. The van der Waals surface area contributed by atoms with Gasteiger partial charge in [0.25, 0.3) is 5.91 Å². The lowest BCUT2D eigenvalue weighted by Crippen LogP contribution is -2.14. The zero-order chi connectivity index (χ0) is 13.7. The normalized spacial score (nSPS) is 10.8. The van der Waals surface area contributed by atoms with E-state index in [2.05, 4.69) is 5.32 Å². The van der Waals surface area contributed by atoms with Gasteiger partial charge in [-0.3, -0.25) is 4.79 Å². The molecule has 0 spiro atoms. The minimum Gasteiger partial charge on any atom is -0.321 e. The second-order valence-corrected chi connectivity index (χ2v) is 4.78. The van der Waals surface area contributed by atoms with Crippen LogP contribution in [0.25, 0.3) is 6.08 Å². The first-order chi connectivity index (χ1) is 9.20. The second-order valence-electron chi connectivity index (χ2n) is 4.00. The van der Waals surface area contributed by atoms with E-state index in [-0.39, 0.29) is 11.5 Å². The monoisotopic (exact) mass is 268 g/mol. The molecule has 0 aliphatic heterocycles. The molecule has 0 radical (unpaired) electrons. The highest BCUT2D eigenvalue weighted by Crippen LogP contribution is 2.16. The van der Waals surface area contributed by atoms with Gasteiger partial charge in [0.2, 0.25) is 0 Å². The molecule has 1 N–H and O–H groups in total. The van der Waals surface area contributed by atoms with E-state index >= 15 is 0 Å². The first-order valence-corrected chi connectivity index (χ1v) is 6.66. The maximum atomic E-state index is 12.0. The van der Waals surface area contributed by atoms with Crippen molar-refractivity contribution >= 4 is 29.0 Å². The van der Waals surface area contributed by atoms with E-state index < -0.39 is 0 Å². The van der Waals surface area contributed by atoms with E-state index in [1.165, 1.54) is 11.3 Å². The minimum absolute atomic E-state index is 0.0988. The summed E-state index contributed by atoms with van der Waals surface area (Å²) in [6.45, 7) is 1.91. The Morgan fingerprint density at radius 2 is 2.16 bits per heavy atom. The van der Waals surface area contributed by atoms with Gasteiger partial charge in [0.15, 0.2) is 0 Å². The number of anilines is 1. The Balaban J connectivity index is 2.19. The number of thiophene rings is 1. The van der Waals surface area contributed by atoms with Crippen LogP contribution in [0.3, 0.4) is 0 Å². The Labute approximate surface area is 115 Å². The van der Waals surface area contributed by atoms with Crippen LogP contribution in [0.5, 0.6) is 0 Å². The van der Waals surface area contributed by atoms with Crippen LogP contribution < -0.4 is 5.32 Å². The smallest absolute Gasteiger partial charge is 0.266 e. The van der Waals surface area contributed by atoms with Gasteiger partial charge in [-0.2, -0.15) is 16.6 Å². The van der Waals surface area contributed by atoms with Crippen molar-refractivity contribution in [2.75, 3.05) is 5.32 Å². The average molecular weight is 268 g/mol. The molecule has 94 valence electrons. The molecule has 0 atom stereocenters. The summed E-state index contributed by atoms with van der Waals surface area (Å²) < 4.78 is 0. The molecule has 3 nitrogen and oxygen atoms in total. The topological polar surface area (TPSA) is 52.9 Å². The Hall–Kier alpha value is -2.38. The van der Waals surface area contributed by atoms with Crippen LogP contribution in [-0.4, -0.2) is 5.91 Å². The average Bonchev–Trinajstić information content (AvgIpc) is 2.91. The Morgan fingerprint density at radius 3 is 2.79 bits per heavy atom. The fraction of sp³-hybridized carbons (Fsp3) is 0.0667. The molecule has 1 aromatic heterocycles. The van der Waals surface area contributed by atoms with E-state index in [1.807, 2.05) is 54.1 Å². The van der Waals surface area contributed by atoms with E-state index in [0.29, 0.717) is 0 Å². The molecule has 4 heteroatoms. The summed E-state index contributed by atoms with van der Waals surface area (Å²) in [5.41, 5.74) is 2.64. The maximum Gasteiger partial charge on any atom is 0.266 e. The highest BCUT2D eigenvalue weighted by atomic mass is 32.1. The van der Waals surface area contributed by atoms with Crippen molar-refractivity contribution < 1.29 is 4.79 Å². The van der Waals surface area contributed by atoms with Crippen molar-refractivity contribution in [3.05, 3.63) is 57.8 Å². The van der Waals surface area contributed by atoms with Crippen LogP contribution in [0.4, 0.5) is 5.69 Å². The predicted molar refractivity (Wildman–Crippen MR) is 77.7 cm³/mol. The Morgan fingerprint density at radius 1 is 1.37 bits per heavy atom. The zero-order valence-electron chi connectivity index (χ0n) is 10.4. The number of benzene rings is 1. The van der Waals surface area contributed by atoms with Gasteiger partial charge in [-0.05, 0) is 47.0 Å². The van der Waals surface area contributed by atoms with E-state index in [4.69, 9.17) is 5.26 Å². The summed E-state index contributed by atoms with van der Waals surface area (Å²) in [5.74, 6) is -0.386. The molecule has 2 aromatic rings. The fourth-order valence-corrected chi connectivity index (χ4v) is 2.19. The van der Waals surface area contributed by atoms with Crippen LogP contribution in [0.2, 0.25) is 0 Å². The van der Waals surface area contributed by atoms with Crippen molar-refractivity contribution in [3.63, 3.8) is 0 Å². The number of amides is 1. The van der Waals surface area contributed by atoms with Gasteiger partial charge < -0.3 is 5.32 Å². The summed E-state index contributed by atoms with van der Waals surface area (Å²) in [4.78, 5) is 12.0. The summed E-state index contributed by atoms with van der Waals surface area (Å²) in [7, 11) is 0. The predicted octanol–water partition coefficient (Wildman–Crippen LogP) is 3.60. The molecular weight excluding hydrogens is 256 g/mol. The molecule has 1 heterocycles. The largest absolute Gasteiger partial charge is 0.321 e. The summed E-state index contributed by atoms with van der Waals surface area (Å²) in [5, 5.41) is 15.6. The fourth-order valence-electron chi connectivity index (χ4n) is 1.58. The van der Waals surface area contributed by atoms with Crippen LogP contribution in [0.1, 0.15) is 11.1 Å². The van der Waals surface area contributed by atoms with Gasteiger partial charge in [0, 0.05) is 5.69 Å². The number of carbonyl (C=O) groups excluding carboxylic acids is 1. The molecule has 1 aromatic carbocycles. The minimum atomic E-state index is -0.386. The number of aryl methyl sites for hydroxylation is 1. The molecule has 0 unspecified atom stereocenters. The zero-order valence-corrected chi connectivity index (χ0v) is 11.2. The third kappa shape index (κ3) is 3.30. The van der Waals surface area contributed by atoms with E-state index in [0.717, 1.165) is 16.8 Å². The number of hydrogen-bond acceptors (Lipinski definition) is 3. The first kappa shape index (κ1) is 13.1. The van der Waals surface area contributed by atoms with Crippen molar-refractivity contribution in [2.24, 2.45) is 0 Å². The van der Waals surface area contributed by atoms with E-state index in [1.54, 1.807) is 6.08 Å².